The summed E-state index contributed by atoms with van der Waals surface area (Å²) in [4.78, 5) is 11.2. The molecule has 0 radical (unpaired) electrons. The summed E-state index contributed by atoms with van der Waals surface area (Å²) < 4.78 is 0. The van der Waals surface area contributed by atoms with Gasteiger partial charge in [-0.25, -0.2) is 0 Å². The number of rotatable bonds is 1. The second-order valence-electron chi connectivity index (χ2n) is 5.37. The van der Waals surface area contributed by atoms with Crippen molar-refractivity contribution in [1.82, 2.24) is 0 Å². The van der Waals surface area contributed by atoms with E-state index in [4.69, 9.17) is 0 Å². The summed E-state index contributed by atoms with van der Waals surface area (Å²) in [7, 11) is 0. The van der Waals surface area contributed by atoms with Crippen LogP contribution in [0.15, 0.2) is 0 Å². The summed E-state index contributed by atoms with van der Waals surface area (Å²) in [6, 6.07) is 0. The van der Waals surface area contributed by atoms with Crippen LogP contribution in [0.2, 0.25) is 0 Å². The smallest absolute Gasteiger partial charge is 0.133 e. The molecule has 3 atom stereocenters. The van der Waals surface area contributed by atoms with Crippen molar-refractivity contribution in [2.24, 2.45) is 23.2 Å². The lowest BCUT2D eigenvalue weighted by molar-refractivity contribution is -0.118. The standard InChI is InChI=1S/C11H18O/c1-7(12)10-8-4-5-11(2,3)6-9(8)10/h8-10H,4-6H2,1-3H3/t8-,9-,10?/m0/s1. The Morgan fingerprint density at radius 1 is 1.33 bits per heavy atom. The molecule has 1 nitrogen and oxygen atoms in total. The topological polar surface area (TPSA) is 17.1 Å². The third-order valence-electron chi connectivity index (χ3n) is 3.74. The first-order valence-corrected chi connectivity index (χ1v) is 5.02. The van der Waals surface area contributed by atoms with Crippen LogP contribution < -0.4 is 0 Å². The molecule has 2 fully saturated rings. The minimum absolute atomic E-state index is 0.433. The highest BCUT2D eigenvalue weighted by atomic mass is 16.1. The molecule has 2 aliphatic carbocycles. The van der Waals surface area contributed by atoms with Crippen LogP contribution >= 0.6 is 0 Å². The van der Waals surface area contributed by atoms with Crippen molar-refractivity contribution in [3.8, 4) is 0 Å². The molecule has 0 amide bonds. The maximum absolute atomic E-state index is 11.2. The number of hydrogen-bond donors (Lipinski definition) is 0. The van der Waals surface area contributed by atoms with Crippen LogP contribution in [-0.4, -0.2) is 5.78 Å². The first kappa shape index (κ1) is 8.28. The lowest BCUT2D eigenvalue weighted by Gasteiger charge is -2.28. The van der Waals surface area contributed by atoms with Gasteiger partial charge in [0.05, 0.1) is 0 Å². The molecule has 2 aliphatic rings. The van der Waals surface area contributed by atoms with E-state index < -0.39 is 0 Å². The van der Waals surface area contributed by atoms with E-state index in [1.165, 1.54) is 19.3 Å². The van der Waals surface area contributed by atoms with Gasteiger partial charge >= 0.3 is 0 Å². The second kappa shape index (κ2) is 2.34. The highest BCUT2D eigenvalue weighted by Crippen LogP contribution is 2.60. The van der Waals surface area contributed by atoms with E-state index in [9.17, 15) is 4.79 Å². The largest absolute Gasteiger partial charge is 0.300 e. The molecule has 1 unspecified atom stereocenters. The fourth-order valence-corrected chi connectivity index (χ4v) is 3.02. The highest BCUT2D eigenvalue weighted by Gasteiger charge is 2.56. The van der Waals surface area contributed by atoms with Gasteiger partial charge in [0, 0.05) is 5.92 Å². The van der Waals surface area contributed by atoms with Crippen molar-refractivity contribution in [2.75, 3.05) is 0 Å². The fourth-order valence-electron chi connectivity index (χ4n) is 3.02. The van der Waals surface area contributed by atoms with Crippen molar-refractivity contribution < 1.29 is 4.79 Å². The van der Waals surface area contributed by atoms with Crippen LogP contribution in [0.4, 0.5) is 0 Å². The molecular weight excluding hydrogens is 148 g/mol. The van der Waals surface area contributed by atoms with Crippen LogP contribution in [0.25, 0.3) is 0 Å². The molecule has 0 aromatic rings. The maximum Gasteiger partial charge on any atom is 0.133 e. The molecule has 0 aromatic carbocycles. The van der Waals surface area contributed by atoms with Crippen LogP contribution in [0.1, 0.15) is 40.0 Å². The van der Waals surface area contributed by atoms with Crippen LogP contribution in [-0.2, 0) is 4.79 Å². The van der Waals surface area contributed by atoms with E-state index in [2.05, 4.69) is 13.8 Å². The number of carbonyl (C=O) groups excluding carboxylic acids is 1. The molecule has 0 saturated heterocycles. The summed E-state index contributed by atoms with van der Waals surface area (Å²) >= 11 is 0. The van der Waals surface area contributed by atoms with Gasteiger partial charge in [-0.2, -0.15) is 0 Å². The average Bonchev–Trinajstić information content (AvgIpc) is 2.58. The van der Waals surface area contributed by atoms with Crippen molar-refractivity contribution >= 4 is 5.78 Å². The molecule has 2 rings (SSSR count). The molecule has 0 bridgehead atoms. The van der Waals surface area contributed by atoms with E-state index in [1.54, 1.807) is 6.92 Å². The highest BCUT2D eigenvalue weighted by molar-refractivity contribution is 5.82. The Kier molecular flexibility index (Phi) is 1.61. The molecular formula is C11H18O. The SMILES string of the molecule is CC(=O)C1[C@H]2CCC(C)(C)C[C@H]12. The van der Waals surface area contributed by atoms with Gasteiger partial charge in [0.1, 0.15) is 5.78 Å². The lowest BCUT2D eigenvalue weighted by atomic mass is 9.78. The molecule has 0 spiro atoms. The second-order valence-corrected chi connectivity index (χ2v) is 5.37. The van der Waals surface area contributed by atoms with Crippen LogP contribution in [0, 0.1) is 23.2 Å². The van der Waals surface area contributed by atoms with Crippen molar-refractivity contribution in [3.63, 3.8) is 0 Å². The summed E-state index contributed by atoms with van der Waals surface area (Å²) in [5.74, 6) is 2.41. The first-order valence-electron chi connectivity index (χ1n) is 5.02. The predicted molar refractivity (Wildman–Crippen MR) is 48.8 cm³/mol. The quantitative estimate of drug-likeness (QED) is 0.585. The average molecular weight is 166 g/mol. The molecule has 0 heterocycles. The monoisotopic (exact) mass is 166 g/mol. The van der Waals surface area contributed by atoms with Crippen LogP contribution in [0.3, 0.4) is 0 Å². The third-order valence-corrected chi connectivity index (χ3v) is 3.74. The van der Waals surface area contributed by atoms with Gasteiger partial charge < -0.3 is 0 Å². The summed E-state index contributed by atoms with van der Waals surface area (Å²) in [6.45, 7) is 6.42. The molecule has 0 aromatic heterocycles. The first-order chi connectivity index (χ1) is 5.51. The van der Waals surface area contributed by atoms with Gasteiger partial charge in [-0.3, -0.25) is 4.79 Å². The molecule has 1 heteroatoms. The third kappa shape index (κ3) is 1.19. The Hall–Kier alpha value is -0.330. The Morgan fingerprint density at radius 3 is 2.50 bits per heavy atom. The number of Topliss-reactive ketones (excluding diaryl/α,β-unsaturated/α-hetero) is 1. The molecule has 0 aliphatic heterocycles. The van der Waals surface area contributed by atoms with E-state index in [1.807, 2.05) is 0 Å². The molecule has 68 valence electrons. The van der Waals surface area contributed by atoms with Crippen molar-refractivity contribution in [1.29, 1.82) is 0 Å². The number of ketones is 1. The number of hydrogen-bond acceptors (Lipinski definition) is 1. The van der Waals surface area contributed by atoms with Gasteiger partial charge in [0.25, 0.3) is 0 Å². The van der Waals surface area contributed by atoms with Gasteiger partial charge in [-0.05, 0) is 43.4 Å². The van der Waals surface area contributed by atoms with Crippen molar-refractivity contribution in [2.45, 2.75) is 40.0 Å². The minimum atomic E-state index is 0.433. The van der Waals surface area contributed by atoms with Gasteiger partial charge in [0.15, 0.2) is 0 Å². The van der Waals surface area contributed by atoms with Gasteiger partial charge in [0.2, 0.25) is 0 Å². The Labute approximate surface area is 74.5 Å². The Balaban J connectivity index is 2.02. The van der Waals surface area contributed by atoms with E-state index in [0.29, 0.717) is 17.1 Å². The van der Waals surface area contributed by atoms with Gasteiger partial charge in [-0.1, -0.05) is 13.8 Å². The minimum Gasteiger partial charge on any atom is -0.300 e. The van der Waals surface area contributed by atoms with E-state index >= 15 is 0 Å². The maximum atomic E-state index is 11.2. The summed E-state index contributed by atoms with van der Waals surface area (Å²) in [5, 5.41) is 0. The Morgan fingerprint density at radius 2 is 2.00 bits per heavy atom. The van der Waals surface area contributed by atoms with E-state index in [0.717, 1.165) is 11.8 Å². The predicted octanol–water partition coefficient (Wildman–Crippen LogP) is 2.65. The molecule has 2 saturated carbocycles. The zero-order valence-electron chi connectivity index (χ0n) is 8.26. The zero-order valence-corrected chi connectivity index (χ0v) is 8.26. The molecule has 12 heavy (non-hydrogen) atoms. The number of fused-ring (bicyclic) bond motifs is 1. The summed E-state index contributed by atoms with van der Waals surface area (Å²) in [6.07, 6.45) is 3.89. The Bertz CT molecular complexity index is 217. The normalized spacial score (nSPS) is 43.4. The zero-order chi connectivity index (χ0) is 8.93. The van der Waals surface area contributed by atoms with E-state index in [-0.39, 0.29) is 0 Å². The number of carbonyl (C=O) groups is 1. The lowest BCUT2D eigenvalue weighted by Crippen LogP contribution is -2.16. The fraction of sp³-hybridized carbons (Fsp3) is 0.909. The van der Waals surface area contributed by atoms with Gasteiger partial charge in [-0.15, -0.1) is 0 Å². The van der Waals surface area contributed by atoms with Crippen LogP contribution in [0.5, 0.6) is 0 Å². The van der Waals surface area contributed by atoms with Crippen molar-refractivity contribution in [3.05, 3.63) is 0 Å². The molecule has 0 N–H and O–H groups in total. The summed E-state index contributed by atoms with van der Waals surface area (Å²) in [5.41, 5.74) is 0.505.